The number of hydrogen-bond acceptors (Lipinski definition) is 6. The van der Waals surface area contributed by atoms with Crippen molar-refractivity contribution in [2.75, 3.05) is 17.7 Å². The molecule has 2 fully saturated rings. The Balaban J connectivity index is 1.73. The largest absolute Gasteiger partial charge is 0.384 e. The van der Waals surface area contributed by atoms with Crippen molar-refractivity contribution in [1.29, 1.82) is 0 Å². The molecule has 102 valence electrons. The van der Waals surface area contributed by atoms with Gasteiger partial charge in [-0.25, -0.2) is 4.98 Å². The minimum atomic E-state index is -0.0563. The minimum Gasteiger partial charge on any atom is -0.384 e. The maximum Gasteiger partial charge on any atom is 0.224 e. The quantitative estimate of drug-likeness (QED) is 0.696. The monoisotopic (exact) mass is 263 g/mol. The van der Waals surface area contributed by atoms with Gasteiger partial charge in [-0.3, -0.25) is 4.79 Å². The summed E-state index contributed by atoms with van der Waals surface area (Å²) in [6.45, 7) is 2.25. The fourth-order valence-electron chi connectivity index (χ4n) is 2.90. The molecule has 2 heterocycles. The summed E-state index contributed by atoms with van der Waals surface area (Å²) in [7, 11) is 0. The van der Waals surface area contributed by atoms with Crippen LogP contribution in [-0.2, 0) is 9.53 Å². The number of amides is 1. The van der Waals surface area contributed by atoms with E-state index in [9.17, 15) is 4.79 Å². The molecule has 0 spiro atoms. The molecule has 1 aromatic rings. The fraction of sp³-hybridized carbons (Fsp3) is 0.583. The number of nitrogens with one attached hydrogen (secondary N) is 2. The van der Waals surface area contributed by atoms with Gasteiger partial charge in [-0.1, -0.05) is 0 Å². The highest BCUT2D eigenvalue weighted by Crippen LogP contribution is 2.40. The molecule has 1 aliphatic heterocycles. The first-order valence-electron chi connectivity index (χ1n) is 6.39. The van der Waals surface area contributed by atoms with Crippen molar-refractivity contribution >= 4 is 17.7 Å². The first-order valence-corrected chi connectivity index (χ1v) is 6.39. The van der Waals surface area contributed by atoms with Gasteiger partial charge in [0.25, 0.3) is 0 Å². The number of nitrogen functional groups attached to an aromatic ring is 1. The smallest absolute Gasteiger partial charge is 0.224 e. The molecule has 1 aromatic heterocycles. The van der Waals surface area contributed by atoms with Crippen molar-refractivity contribution < 1.29 is 9.53 Å². The summed E-state index contributed by atoms with van der Waals surface area (Å²) in [6, 6.07) is 1.70. The average molecular weight is 263 g/mol. The molecule has 19 heavy (non-hydrogen) atoms. The van der Waals surface area contributed by atoms with E-state index in [0.29, 0.717) is 17.7 Å². The number of fused-ring (bicyclic) bond motifs is 1. The summed E-state index contributed by atoms with van der Waals surface area (Å²) < 4.78 is 5.64. The molecule has 0 radical (unpaired) electrons. The van der Waals surface area contributed by atoms with E-state index in [2.05, 4.69) is 20.6 Å². The van der Waals surface area contributed by atoms with Crippen LogP contribution >= 0.6 is 0 Å². The summed E-state index contributed by atoms with van der Waals surface area (Å²) in [6.07, 6.45) is 2.70. The van der Waals surface area contributed by atoms with E-state index in [1.165, 1.54) is 6.92 Å². The molecule has 2 aliphatic rings. The zero-order valence-electron chi connectivity index (χ0n) is 10.7. The predicted molar refractivity (Wildman–Crippen MR) is 69.3 cm³/mol. The molecule has 0 unspecified atom stereocenters. The molecular formula is C12H17N5O2. The Labute approximate surface area is 110 Å². The molecule has 1 saturated heterocycles. The first kappa shape index (κ1) is 12.2. The molecule has 0 aromatic carbocycles. The van der Waals surface area contributed by atoms with Gasteiger partial charge in [0.15, 0.2) is 0 Å². The third-order valence-electron chi connectivity index (χ3n) is 3.73. The van der Waals surface area contributed by atoms with Gasteiger partial charge < -0.3 is 21.1 Å². The maximum atomic E-state index is 11.2. The van der Waals surface area contributed by atoms with Crippen molar-refractivity contribution in [3.05, 3.63) is 12.3 Å². The summed E-state index contributed by atoms with van der Waals surface area (Å²) in [5, 5.41) is 6.17. The highest BCUT2D eigenvalue weighted by molar-refractivity contribution is 5.73. The van der Waals surface area contributed by atoms with E-state index in [0.717, 1.165) is 13.0 Å². The zero-order valence-corrected chi connectivity index (χ0v) is 10.7. The number of rotatable bonds is 3. The highest BCUT2D eigenvalue weighted by Gasteiger charge is 2.54. The van der Waals surface area contributed by atoms with Crippen LogP contribution in [0.5, 0.6) is 0 Å². The van der Waals surface area contributed by atoms with Crippen LogP contribution in [0.15, 0.2) is 12.3 Å². The Morgan fingerprint density at radius 2 is 2.37 bits per heavy atom. The highest BCUT2D eigenvalue weighted by atomic mass is 16.5. The van der Waals surface area contributed by atoms with Crippen LogP contribution in [0.4, 0.5) is 11.8 Å². The summed E-state index contributed by atoms with van der Waals surface area (Å²) in [4.78, 5) is 19.5. The number of ether oxygens (including phenoxy) is 1. The van der Waals surface area contributed by atoms with Gasteiger partial charge in [0.2, 0.25) is 11.9 Å². The standard InChI is InChI=1S/C12H17N5O2/c1-6(18)15-10-9(7-3-5-19-11(7)10)17-12-14-4-2-8(13)16-12/h2,4,7,9-11H,3,5H2,1H3,(H,15,18)(H3,13,14,16,17)/t7-,9+,10-,11-/m1/s1. The third kappa shape index (κ3) is 2.21. The third-order valence-corrected chi connectivity index (χ3v) is 3.73. The molecule has 7 nitrogen and oxygen atoms in total. The van der Waals surface area contributed by atoms with Crippen LogP contribution in [0, 0.1) is 5.92 Å². The lowest BCUT2D eigenvalue weighted by atomic mass is 9.71. The summed E-state index contributed by atoms with van der Waals surface area (Å²) >= 11 is 0. The molecule has 1 amide bonds. The fourth-order valence-corrected chi connectivity index (χ4v) is 2.90. The number of anilines is 2. The number of carbonyl (C=O) groups is 1. The lowest BCUT2D eigenvalue weighted by Crippen LogP contribution is -2.68. The number of hydrogen-bond donors (Lipinski definition) is 3. The van der Waals surface area contributed by atoms with E-state index in [4.69, 9.17) is 10.5 Å². The SMILES string of the molecule is CC(=O)N[C@@H]1[C@@H](Nc2nccc(N)n2)[C@H]2CCO[C@H]21. The second-order valence-electron chi connectivity index (χ2n) is 4.99. The van der Waals surface area contributed by atoms with E-state index in [1.54, 1.807) is 12.3 Å². The Hall–Kier alpha value is -1.89. The van der Waals surface area contributed by atoms with Gasteiger partial charge in [-0.15, -0.1) is 0 Å². The molecule has 7 heteroatoms. The van der Waals surface area contributed by atoms with Gasteiger partial charge in [-0.05, 0) is 12.5 Å². The van der Waals surface area contributed by atoms with Crippen molar-refractivity contribution in [1.82, 2.24) is 15.3 Å². The van der Waals surface area contributed by atoms with Gasteiger partial charge in [0.05, 0.1) is 18.2 Å². The topological polar surface area (TPSA) is 102 Å². The molecule has 3 rings (SSSR count). The normalized spacial score (nSPS) is 32.3. The summed E-state index contributed by atoms with van der Waals surface area (Å²) in [5.41, 5.74) is 5.63. The molecule has 4 N–H and O–H groups in total. The van der Waals surface area contributed by atoms with Crippen molar-refractivity contribution in [2.45, 2.75) is 31.5 Å². The van der Waals surface area contributed by atoms with Crippen LogP contribution < -0.4 is 16.4 Å². The van der Waals surface area contributed by atoms with Crippen LogP contribution in [0.2, 0.25) is 0 Å². The Kier molecular flexibility index (Phi) is 2.98. The van der Waals surface area contributed by atoms with Crippen LogP contribution in [0.3, 0.4) is 0 Å². The Morgan fingerprint density at radius 1 is 1.53 bits per heavy atom. The van der Waals surface area contributed by atoms with Gasteiger partial charge in [0.1, 0.15) is 5.82 Å². The average Bonchev–Trinajstić information content (AvgIpc) is 2.78. The van der Waals surface area contributed by atoms with E-state index in [1.807, 2.05) is 0 Å². The Bertz CT molecular complexity index is 495. The maximum absolute atomic E-state index is 11.2. The second-order valence-corrected chi connectivity index (χ2v) is 4.99. The lowest BCUT2D eigenvalue weighted by Gasteiger charge is -2.47. The molecule has 1 aliphatic carbocycles. The number of nitrogens with zero attached hydrogens (tertiary/aromatic N) is 2. The van der Waals surface area contributed by atoms with Crippen LogP contribution in [-0.4, -0.2) is 40.7 Å². The number of nitrogens with two attached hydrogens (primary N) is 1. The zero-order chi connectivity index (χ0) is 13.4. The van der Waals surface area contributed by atoms with E-state index < -0.39 is 0 Å². The van der Waals surface area contributed by atoms with Crippen molar-refractivity contribution in [3.8, 4) is 0 Å². The molecule has 0 bridgehead atoms. The van der Waals surface area contributed by atoms with E-state index >= 15 is 0 Å². The van der Waals surface area contributed by atoms with Gasteiger partial charge in [0, 0.05) is 25.6 Å². The second kappa shape index (κ2) is 4.65. The number of carbonyl (C=O) groups excluding carboxylic acids is 1. The molecular weight excluding hydrogens is 246 g/mol. The van der Waals surface area contributed by atoms with Gasteiger partial charge >= 0.3 is 0 Å². The van der Waals surface area contributed by atoms with Crippen LogP contribution in [0.25, 0.3) is 0 Å². The minimum absolute atomic E-state index is 0.0324. The van der Waals surface area contributed by atoms with Crippen molar-refractivity contribution in [2.24, 2.45) is 5.92 Å². The predicted octanol–water partition coefficient (Wildman–Crippen LogP) is -0.237. The Morgan fingerprint density at radius 3 is 3.11 bits per heavy atom. The number of aromatic nitrogens is 2. The molecule has 4 atom stereocenters. The van der Waals surface area contributed by atoms with E-state index in [-0.39, 0.29) is 24.1 Å². The van der Waals surface area contributed by atoms with Crippen LogP contribution in [0.1, 0.15) is 13.3 Å². The summed E-state index contributed by atoms with van der Waals surface area (Å²) in [5.74, 6) is 1.25. The molecule has 1 saturated carbocycles. The van der Waals surface area contributed by atoms with Crippen molar-refractivity contribution in [3.63, 3.8) is 0 Å². The lowest BCUT2D eigenvalue weighted by molar-refractivity contribution is -0.123. The first-order chi connectivity index (χ1) is 9.15. The van der Waals surface area contributed by atoms with Gasteiger partial charge in [-0.2, -0.15) is 4.98 Å².